The summed E-state index contributed by atoms with van der Waals surface area (Å²) in [5.74, 6) is 5.47. The molecule has 0 aromatic rings. The molecule has 0 aliphatic carbocycles. The van der Waals surface area contributed by atoms with Crippen LogP contribution in [0.15, 0.2) is 11.9 Å². The number of nitrogens with zero attached hydrogens (tertiary/aromatic N) is 1. The van der Waals surface area contributed by atoms with E-state index in [2.05, 4.69) is 0 Å². The Balaban J connectivity index is 3.77. The molecule has 0 saturated carbocycles. The summed E-state index contributed by atoms with van der Waals surface area (Å²) in [5, 5.41) is 1.26. The second kappa shape index (κ2) is 7.34. The van der Waals surface area contributed by atoms with Crippen LogP contribution in [-0.2, 0) is 9.53 Å². The van der Waals surface area contributed by atoms with Crippen LogP contribution in [-0.4, -0.2) is 30.6 Å². The maximum atomic E-state index is 10.7. The lowest BCUT2D eigenvalue weighted by atomic mass is 10.4. The van der Waals surface area contributed by atoms with E-state index in [0.717, 1.165) is 6.42 Å². The fourth-order valence-electron chi connectivity index (χ4n) is 0.887. The summed E-state index contributed by atoms with van der Waals surface area (Å²) in [5.41, 5.74) is 6.11. The topological polar surface area (TPSA) is 81.6 Å². The van der Waals surface area contributed by atoms with Gasteiger partial charge in [0.1, 0.15) is 0 Å². The molecule has 5 nitrogen and oxygen atoms in total. The van der Waals surface area contributed by atoms with Crippen molar-refractivity contribution in [2.45, 2.75) is 20.3 Å². The first-order valence-corrected chi connectivity index (χ1v) is 4.61. The van der Waals surface area contributed by atoms with Gasteiger partial charge >= 0.3 is 0 Å². The molecule has 4 N–H and O–H groups in total. The molecule has 0 aromatic heterocycles. The van der Waals surface area contributed by atoms with Gasteiger partial charge in [-0.05, 0) is 13.3 Å². The van der Waals surface area contributed by atoms with Gasteiger partial charge in [0, 0.05) is 12.8 Å². The van der Waals surface area contributed by atoms with Gasteiger partial charge in [-0.2, -0.15) is 0 Å². The Labute approximate surface area is 84.7 Å². The lowest BCUT2D eigenvalue weighted by molar-refractivity contribution is -0.117. The van der Waals surface area contributed by atoms with Crippen molar-refractivity contribution in [1.29, 1.82) is 0 Å². The van der Waals surface area contributed by atoms with Crippen LogP contribution >= 0.6 is 0 Å². The molecule has 0 aliphatic heterocycles. The van der Waals surface area contributed by atoms with Crippen molar-refractivity contribution in [2.24, 2.45) is 11.6 Å². The zero-order valence-electron chi connectivity index (χ0n) is 8.82. The summed E-state index contributed by atoms with van der Waals surface area (Å²) in [7, 11) is 0. The van der Waals surface area contributed by atoms with Crippen LogP contribution in [0.2, 0.25) is 0 Å². The predicted molar refractivity (Wildman–Crippen MR) is 55.0 cm³/mol. The van der Waals surface area contributed by atoms with Crippen molar-refractivity contribution < 1.29 is 9.53 Å². The van der Waals surface area contributed by atoms with Crippen molar-refractivity contribution in [3.05, 3.63) is 11.9 Å². The van der Waals surface area contributed by atoms with E-state index in [1.54, 1.807) is 0 Å². The zero-order valence-corrected chi connectivity index (χ0v) is 8.82. The fraction of sp³-hybridized carbons (Fsp3) is 0.667. The standard InChI is InChI=1S/C9H19N3O2/c1-3-4-14-7-9(10)6-12(11)5-8(2)13/h6H,3-5,7,10-11H2,1-2H3/b9-6-. The maximum absolute atomic E-state index is 10.7. The van der Waals surface area contributed by atoms with Crippen molar-refractivity contribution in [3.63, 3.8) is 0 Å². The zero-order chi connectivity index (χ0) is 11.0. The van der Waals surface area contributed by atoms with Crippen LogP contribution < -0.4 is 11.6 Å². The van der Waals surface area contributed by atoms with Gasteiger partial charge in [0.05, 0.1) is 18.8 Å². The molecule has 0 unspecified atom stereocenters. The molecule has 0 spiro atoms. The number of Topliss-reactive ketones (excluding diaryl/α,β-unsaturated/α-hetero) is 1. The number of rotatable bonds is 7. The average molecular weight is 201 g/mol. The molecule has 0 bridgehead atoms. The van der Waals surface area contributed by atoms with Crippen molar-refractivity contribution in [2.75, 3.05) is 19.8 Å². The van der Waals surface area contributed by atoms with Crippen molar-refractivity contribution >= 4 is 5.78 Å². The molecule has 14 heavy (non-hydrogen) atoms. The normalized spacial score (nSPS) is 11.5. The Morgan fingerprint density at radius 1 is 1.57 bits per heavy atom. The van der Waals surface area contributed by atoms with Crippen LogP contribution in [0.25, 0.3) is 0 Å². The molecule has 0 heterocycles. The minimum absolute atomic E-state index is 0.00831. The molecule has 0 radical (unpaired) electrons. The van der Waals surface area contributed by atoms with Gasteiger partial charge in [0.2, 0.25) is 0 Å². The number of hydrazine groups is 1. The maximum Gasteiger partial charge on any atom is 0.150 e. The summed E-state index contributed by atoms with van der Waals surface area (Å²) < 4.78 is 5.19. The Kier molecular flexibility index (Phi) is 6.78. The Morgan fingerprint density at radius 2 is 2.21 bits per heavy atom. The minimum Gasteiger partial charge on any atom is -0.399 e. The number of hydrogen-bond acceptors (Lipinski definition) is 5. The van der Waals surface area contributed by atoms with E-state index in [4.69, 9.17) is 16.3 Å². The largest absolute Gasteiger partial charge is 0.399 e. The summed E-state index contributed by atoms with van der Waals surface area (Å²) in [6, 6.07) is 0. The highest BCUT2D eigenvalue weighted by Gasteiger charge is 1.98. The molecule has 0 amide bonds. The lowest BCUT2D eigenvalue weighted by Crippen LogP contribution is -2.31. The molecular weight excluding hydrogens is 182 g/mol. The monoisotopic (exact) mass is 201 g/mol. The third-order valence-corrected chi connectivity index (χ3v) is 1.35. The van der Waals surface area contributed by atoms with E-state index < -0.39 is 0 Å². The Morgan fingerprint density at radius 3 is 2.71 bits per heavy atom. The number of nitrogens with two attached hydrogens (primary N) is 2. The van der Waals surface area contributed by atoms with E-state index in [1.807, 2.05) is 6.92 Å². The van der Waals surface area contributed by atoms with Gasteiger partial charge in [-0.1, -0.05) is 6.92 Å². The van der Waals surface area contributed by atoms with Crippen molar-refractivity contribution in [3.8, 4) is 0 Å². The molecule has 0 aromatic carbocycles. The Hall–Kier alpha value is -1.07. The predicted octanol–water partition coefficient (Wildman–Crippen LogP) is -0.0222. The quantitative estimate of drug-likeness (QED) is 0.343. The van der Waals surface area contributed by atoms with Gasteiger partial charge in [-0.25, -0.2) is 5.84 Å². The summed E-state index contributed by atoms with van der Waals surface area (Å²) in [6.45, 7) is 4.67. The second-order valence-corrected chi connectivity index (χ2v) is 3.13. The van der Waals surface area contributed by atoms with Crippen LogP contribution in [0.5, 0.6) is 0 Å². The van der Waals surface area contributed by atoms with E-state index >= 15 is 0 Å². The molecule has 5 heteroatoms. The lowest BCUT2D eigenvalue weighted by Gasteiger charge is -2.12. The van der Waals surface area contributed by atoms with E-state index in [-0.39, 0.29) is 12.3 Å². The highest BCUT2D eigenvalue weighted by Crippen LogP contribution is 1.90. The van der Waals surface area contributed by atoms with Crippen LogP contribution in [0, 0.1) is 0 Å². The van der Waals surface area contributed by atoms with Gasteiger partial charge in [0.15, 0.2) is 5.78 Å². The smallest absolute Gasteiger partial charge is 0.150 e. The van der Waals surface area contributed by atoms with E-state index in [0.29, 0.717) is 18.9 Å². The first-order chi connectivity index (χ1) is 6.56. The molecular formula is C9H19N3O2. The molecule has 0 saturated heterocycles. The fourth-order valence-corrected chi connectivity index (χ4v) is 0.887. The summed E-state index contributed by atoms with van der Waals surface area (Å²) in [4.78, 5) is 10.7. The molecule has 82 valence electrons. The third kappa shape index (κ3) is 7.57. The Bertz CT molecular complexity index is 204. The summed E-state index contributed by atoms with van der Waals surface area (Å²) in [6.07, 6.45) is 2.46. The minimum atomic E-state index is -0.00831. The van der Waals surface area contributed by atoms with E-state index in [1.165, 1.54) is 18.1 Å². The molecule has 0 aliphatic rings. The number of carbonyl (C=O) groups excluding carboxylic acids is 1. The summed E-state index contributed by atoms with van der Waals surface area (Å²) >= 11 is 0. The highest BCUT2D eigenvalue weighted by molar-refractivity contribution is 5.77. The molecule has 0 atom stereocenters. The van der Waals surface area contributed by atoms with Crippen LogP contribution in [0.1, 0.15) is 20.3 Å². The SMILES string of the molecule is CCCOC/C(N)=C/N(N)CC(C)=O. The van der Waals surface area contributed by atoms with E-state index in [9.17, 15) is 4.79 Å². The number of ether oxygens (including phenoxy) is 1. The number of hydrogen-bond donors (Lipinski definition) is 2. The first-order valence-electron chi connectivity index (χ1n) is 4.61. The van der Waals surface area contributed by atoms with Crippen LogP contribution in [0.3, 0.4) is 0 Å². The third-order valence-electron chi connectivity index (χ3n) is 1.35. The average Bonchev–Trinajstić information content (AvgIpc) is 2.02. The number of carbonyl (C=O) groups is 1. The van der Waals surface area contributed by atoms with Crippen LogP contribution in [0.4, 0.5) is 0 Å². The van der Waals surface area contributed by atoms with Gasteiger partial charge in [0.25, 0.3) is 0 Å². The first kappa shape index (κ1) is 12.9. The van der Waals surface area contributed by atoms with Gasteiger partial charge < -0.3 is 15.5 Å². The van der Waals surface area contributed by atoms with Gasteiger partial charge in [-0.3, -0.25) is 4.79 Å². The second-order valence-electron chi connectivity index (χ2n) is 3.13. The number of ketones is 1. The molecule has 0 fully saturated rings. The van der Waals surface area contributed by atoms with Gasteiger partial charge in [-0.15, -0.1) is 0 Å². The highest BCUT2D eigenvalue weighted by atomic mass is 16.5. The molecule has 0 rings (SSSR count). The van der Waals surface area contributed by atoms with Crippen molar-refractivity contribution in [1.82, 2.24) is 5.01 Å².